The Morgan fingerprint density at radius 3 is 2.77 bits per heavy atom. The van der Waals surface area contributed by atoms with Gasteiger partial charge in [0.2, 0.25) is 5.91 Å². The minimum atomic E-state index is -0.323. The molecule has 1 aromatic carbocycles. The average Bonchev–Trinajstić information content (AvgIpc) is 2.73. The maximum Gasteiger partial charge on any atom is 0.273 e. The van der Waals surface area contributed by atoms with Crippen molar-refractivity contribution < 1.29 is 9.53 Å². The monoisotopic (exact) mass is 413 g/mol. The smallest absolute Gasteiger partial charge is 0.273 e. The number of nitrogens with zero attached hydrogens (tertiary/aromatic N) is 3. The van der Waals surface area contributed by atoms with Gasteiger partial charge < -0.3 is 19.9 Å². The molecule has 0 aliphatic carbocycles. The van der Waals surface area contributed by atoms with Gasteiger partial charge in [-0.15, -0.1) is 10.2 Å². The van der Waals surface area contributed by atoms with Crippen LogP contribution >= 0.6 is 0 Å². The Balaban J connectivity index is 1.50. The van der Waals surface area contributed by atoms with Crippen molar-refractivity contribution in [2.24, 2.45) is 0 Å². The normalized spacial score (nSPS) is 14.6. The Hall–Kier alpha value is -2.74. The molecule has 0 radical (unpaired) electrons. The second-order valence-corrected chi connectivity index (χ2v) is 7.90. The first-order chi connectivity index (χ1) is 14.5. The summed E-state index contributed by atoms with van der Waals surface area (Å²) < 4.78 is 5.68. The fourth-order valence-corrected chi connectivity index (χ4v) is 3.50. The molecule has 3 rings (SSSR count). The van der Waals surface area contributed by atoms with Crippen molar-refractivity contribution >= 4 is 5.91 Å². The lowest BCUT2D eigenvalue weighted by Crippen LogP contribution is -2.37. The number of H-pyrrole nitrogens is 1. The number of aromatic nitrogens is 3. The fraction of sp³-hybridized carbons (Fsp3) is 0.545. The predicted molar refractivity (Wildman–Crippen MR) is 115 cm³/mol. The molecule has 0 atom stereocenters. The van der Waals surface area contributed by atoms with E-state index in [0.29, 0.717) is 18.1 Å². The van der Waals surface area contributed by atoms with E-state index in [-0.39, 0.29) is 36.1 Å². The Bertz CT molecular complexity index is 890. The fourth-order valence-electron chi connectivity index (χ4n) is 3.50. The molecule has 0 saturated carbocycles. The summed E-state index contributed by atoms with van der Waals surface area (Å²) in [5, 5.41) is 11.1. The van der Waals surface area contributed by atoms with E-state index in [1.54, 1.807) is 0 Å². The summed E-state index contributed by atoms with van der Waals surface area (Å²) in [7, 11) is 0. The number of aromatic amines is 1. The number of carbonyl (C=O) groups is 1. The number of hydrogen-bond donors (Lipinski definition) is 2. The zero-order valence-corrected chi connectivity index (χ0v) is 17.8. The zero-order chi connectivity index (χ0) is 21.3. The summed E-state index contributed by atoms with van der Waals surface area (Å²) >= 11 is 0. The first kappa shape index (κ1) is 22.0. The Morgan fingerprint density at radius 2 is 2.03 bits per heavy atom. The number of benzene rings is 1. The summed E-state index contributed by atoms with van der Waals surface area (Å²) in [4.78, 5) is 29.6. The predicted octanol–water partition coefficient (Wildman–Crippen LogP) is 2.15. The van der Waals surface area contributed by atoms with Crippen molar-refractivity contribution in [1.29, 1.82) is 0 Å². The quantitative estimate of drug-likeness (QED) is 0.653. The molecular weight excluding hydrogens is 382 g/mol. The molecule has 1 aliphatic heterocycles. The number of carbonyl (C=O) groups excluding carboxylic acids is 1. The van der Waals surface area contributed by atoms with Gasteiger partial charge in [0.1, 0.15) is 11.4 Å². The van der Waals surface area contributed by atoms with Gasteiger partial charge in [0.25, 0.3) is 5.56 Å². The van der Waals surface area contributed by atoms with Crippen LogP contribution in [0.4, 0.5) is 0 Å². The number of ether oxygens (including phenoxy) is 1. The van der Waals surface area contributed by atoms with E-state index in [9.17, 15) is 9.59 Å². The molecule has 1 aromatic heterocycles. The summed E-state index contributed by atoms with van der Waals surface area (Å²) in [5.41, 5.74) is 0.663. The Morgan fingerprint density at radius 1 is 1.23 bits per heavy atom. The molecule has 0 spiro atoms. The number of likely N-dealkylation sites (tertiary alicyclic amines) is 1. The van der Waals surface area contributed by atoms with E-state index in [0.717, 1.165) is 25.2 Å². The van der Waals surface area contributed by atoms with Crippen LogP contribution in [0.25, 0.3) is 11.4 Å². The Kier molecular flexibility index (Phi) is 7.96. The second-order valence-electron chi connectivity index (χ2n) is 7.90. The number of nitrogens with one attached hydrogen (secondary N) is 2. The molecule has 30 heavy (non-hydrogen) atoms. The van der Waals surface area contributed by atoms with Crippen molar-refractivity contribution in [2.75, 3.05) is 26.2 Å². The standard InChI is InChI=1S/C22H31N5O3/c1-16(2)30-18-8-6-7-17(15-18)21-24-22(29)19(25-26-21)9-10-20(28)23-11-14-27-12-4-3-5-13-27/h6-8,15-16H,3-5,9-14H2,1-2H3,(H,23,28)(H,24,26,29). The average molecular weight is 414 g/mol. The largest absolute Gasteiger partial charge is 0.491 e. The molecule has 1 amide bonds. The first-order valence-electron chi connectivity index (χ1n) is 10.7. The van der Waals surface area contributed by atoms with E-state index in [1.807, 2.05) is 38.1 Å². The van der Waals surface area contributed by atoms with Crippen LogP contribution in [0.15, 0.2) is 29.1 Å². The molecule has 0 bridgehead atoms. The van der Waals surface area contributed by atoms with Crippen LogP contribution in [0.2, 0.25) is 0 Å². The lowest BCUT2D eigenvalue weighted by Gasteiger charge is -2.26. The molecule has 2 aromatic rings. The SMILES string of the molecule is CC(C)Oc1cccc(-c2nnc(CCC(=O)NCCN3CCCCC3)c(=O)[nH]2)c1. The van der Waals surface area contributed by atoms with Gasteiger partial charge in [-0.3, -0.25) is 9.59 Å². The second kappa shape index (κ2) is 10.9. The molecular formula is C22H31N5O3. The van der Waals surface area contributed by atoms with Gasteiger partial charge in [-0.25, -0.2) is 0 Å². The topological polar surface area (TPSA) is 100 Å². The van der Waals surface area contributed by atoms with E-state index >= 15 is 0 Å². The molecule has 8 heteroatoms. The number of hydrogen-bond acceptors (Lipinski definition) is 6. The lowest BCUT2D eigenvalue weighted by molar-refractivity contribution is -0.121. The van der Waals surface area contributed by atoms with Gasteiger partial charge >= 0.3 is 0 Å². The molecule has 1 aliphatic rings. The van der Waals surface area contributed by atoms with Gasteiger partial charge in [0.05, 0.1) is 6.10 Å². The van der Waals surface area contributed by atoms with Crippen LogP contribution in [0.1, 0.15) is 45.2 Å². The molecule has 1 saturated heterocycles. The molecule has 1 fully saturated rings. The van der Waals surface area contributed by atoms with Gasteiger partial charge in [-0.05, 0) is 51.9 Å². The van der Waals surface area contributed by atoms with Crippen LogP contribution in [0.5, 0.6) is 5.75 Å². The van der Waals surface area contributed by atoms with Gasteiger partial charge in [0.15, 0.2) is 5.82 Å². The molecule has 2 N–H and O–H groups in total. The van der Waals surface area contributed by atoms with Crippen molar-refractivity contribution in [3.63, 3.8) is 0 Å². The van der Waals surface area contributed by atoms with Gasteiger partial charge in [-0.1, -0.05) is 18.6 Å². The van der Waals surface area contributed by atoms with Crippen LogP contribution in [0.3, 0.4) is 0 Å². The minimum Gasteiger partial charge on any atom is -0.491 e. The van der Waals surface area contributed by atoms with E-state index in [1.165, 1.54) is 19.3 Å². The van der Waals surface area contributed by atoms with Gasteiger partial charge in [-0.2, -0.15) is 0 Å². The zero-order valence-electron chi connectivity index (χ0n) is 17.8. The molecule has 2 heterocycles. The highest BCUT2D eigenvalue weighted by Crippen LogP contribution is 2.20. The third-order valence-corrected chi connectivity index (χ3v) is 5.03. The Labute approximate surface area is 177 Å². The molecule has 162 valence electrons. The number of piperidine rings is 1. The first-order valence-corrected chi connectivity index (χ1v) is 10.7. The number of amides is 1. The van der Waals surface area contributed by atoms with Crippen LogP contribution in [-0.2, 0) is 11.2 Å². The summed E-state index contributed by atoms with van der Waals surface area (Å²) in [6, 6.07) is 7.35. The maximum atomic E-state index is 12.4. The highest BCUT2D eigenvalue weighted by molar-refractivity contribution is 5.76. The molecule has 0 unspecified atom stereocenters. The summed E-state index contributed by atoms with van der Waals surface area (Å²) in [6.45, 7) is 7.63. The van der Waals surface area contributed by atoms with Crippen molar-refractivity contribution in [3.8, 4) is 17.1 Å². The minimum absolute atomic E-state index is 0.0544. The highest BCUT2D eigenvalue weighted by atomic mass is 16.5. The van der Waals surface area contributed by atoms with Crippen LogP contribution in [0, 0.1) is 0 Å². The summed E-state index contributed by atoms with van der Waals surface area (Å²) in [5.74, 6) is 1.01. The van der Waals surface area contributed by atoms with Crippen molar-refractivity contribution in [3.05, 3.63) is 40.3 Å². The highest BCUT2D eigenvalue weighted by Gasteiger charge is 2.12. The van der Waals surface area contributed by atoms with Crippen molar-refractivity contribution in [2.45, 2.75) is 52.1 Å². The lowest BCUT2D eigenvalue weighted by atomic mass is 10.1. The van der Waals surface area contributed by atoms with Crippen LogP contribution < -0.4 is 15.6 Å². The third-order valence-electron chi connectivity index (χ3n) is 5.03. The van der Waals surface area contributed by atoms with E-state index in [4.69, 9.17) is 4.74 Å². The van der Waals surface area contributed by atoms with E-state index < -0.39 is 0 Å². The van der Waals surface area contributed by atoms with Crippen molar-refractivity contribution in [1.82, 2.24) is 25.4 Å². The number of rotatable bonds is 9. The molecule has 8 nitrogen and oxygen atoms in total. The van der Waals surface area contributed by atoms with Crippen LogP contribution in [-0.4, -0.2) is 58.3 Å². The summed E-state index contributed by atoms with van der Waals surface area (Å²) in [6.07, 6.45) is 4.30. The number of aryl methyl sites for hydroxylation is 1. The maximum absolute atomic E-state index is 12.4. The van der Waals surface area contributed by atoms with Gasteiger partial charge in [0, 0.05) is 31.5 Å². The van der Waals surface area contributed by atoms with E-state index in [2.05, 4.69) is 25.4 Å². The third kappa shape index (κ3) is 6.66.